The summed E-state index contributed by atoms with van der Waals surface area (Å²) < 4.78 is 11.7. The van der Waals surface area contributed by atoms with E-state index in [1.165, 1.54) is 0 Å². The van der Waals surface area contributed by atoms with Crippen molar-refractivity contribution in [3.05, 3.63) is 11.8 Å². The van der Waals surface area contributed by atoms with Crippen molar-refractivity contribution in [2.75, 3.05) is 19.8 Å². The van der Waals surface area contributed by atoms with E-state index < -0.39 is 0 Å². The number of ether oxygens (including phenoxy) is 2. The number of nitrogens with one attached hydrogen (secondary N) is 1. The number of esters is 1. The molecule has 1 amide bonds. The monoisotopic (exact) mass is 482 g/mol. The molecular formula is C26H50N4O4. The fourth-order valence-electron chi connectivity index (χ4n) is 3.58. The second-order valence-electron chi connectivity index (χ2n) is 9.75. The van der Waals surface area contributed by atoms with E-state index in [1.54, 1.807) is 13.0 Å². The Balaban J connectivity index is 4.49. The van der Waals surface area contributed by atoms with Gasteiger partial charge in [0.2, 0.25) is 5.91 Å². The Morgan fingerprint density at radius 2 is 1.79 bits per heavy atom. The van der Waals surface area contributed by atoms with Crippen molar-refractivity contribution >= 4 is 11.9 Å². The van der Waals surface area contributed by atoms with E-state index in [1.807, 2.05) is 0 Å². The van der Waals surface area contributed by atoms with Crippen molar-refractivity contribution in [3.8, 4) is 0 Å². The predicted molar refractivity (Wildman–Crippen MR) is 137 cm³/mol. The molecule has 0 aliphatic heterocycles. The first-order valence-electron chi connectivity index (χ1n) is 12.9. The summed E-state index contributed by atoms with van der Waals surface area (Å²) in [5, 5.41) is 10.1. The first-order chi connectivity index (χ1) is 16.1. The van der Waals surface area contributed by atoms with Crippen molar-refractivity contribution in [1.29, 1.82) is 0 Å². The molecule has 0 aliphatic rings. The molecule has 34 heavy (non-hydrogen) atoms. The van der Waals surface area contributed by atoms with E-state index in [-0.39, 0.29) is 28.8 Å². The molecule has 0 bridgehead atoms. The number of carbonyl (C=O) groups is 2. The topological polar surface area (TPSA) is 115 Å². The summed E-state index contributed by atoms with van der Waals surface area (Å²) in [4.78, 5) is 24.5. The molecule has 3 atom stereocenters. The minimum atomic E-state index is -0.357. The molecule has 8 heteroatoms. The van der Waals surface area contributed by atoms with Gasteiger partial charge in [-0.3, -0.25) is 9.59 Å². The van der Waals surface area contributed by atoms with Gasteiger partial charge < -0.3 is 20.6 Å². The highest BCUT2D eigenvalue weighted by atomic mass is 16.5. The van der Waals surface area contributed by atoms with Crippen LogP contribution in [0.25, 0.3) is 0 Å². The van der Waals surface area contributed by atoms with Crippen LogP contribution in [0, 0.1) is 11.3 Å². The number of amides is 1. The molecule has 0 aliphatic carbocycles. The van der Waals surface area contributed by atoms with Crippen LogP contribution in [0.2, 0.25) is 0 Å². The molecule has 0 spiro atoms. The molecule has 0 aromatic heterocycles. The van der Waals surface area contributed by atoms with Gasteiger partial charge in [0.1, 0.15) is 0 Å². The maximum absolute atomic E-state index is 12.5. The van der Waals surface area contributed by atoms with Crippen LogP contribution in [0.1, 0.15) is 106 Å². The Kier molecular flexibility index (Phi) is 16.5. The Hall–Kier alpha value is -1.96. The van der Waals surface area contributed by atoms with Crippen LogP contribution in [-0.4, -0.2) is 37.2 Å². The first-order valence-corrected chi connectivity index (χ1v) is 12.9. The molecule has 3 unspecified atom stereocenters. The largest absolute Gasteiger partial charge is 0.466 e. The second kappa shape index (κ2) is 17.5. The molecule has 198 valence electrons. The van der Waals surface area contributed by atoms with E-state index >= 15 is 0 Å². The Morgan fingerprint density at radius 3 is 2.35 bits per heavy atom. The van der Waals surface area contributed by atoms with Gasteiger partial charge in [0.15, 0.2) is 0 Å². The zero-order chi connectivity index (χ0) is 26.0. The van der Waals surface area contributed by atoms with Crippen LogP contribution in [0.15, 0.2) is 22.1 Å². The van der Waals surface area contributed by atoms with Gasteiger partial charge in [-0.2, -0.15) is 0 Å². The van der Waals surface area contributed by atoms with Gasteiger partial charge in [-0.1, -0.05) is 52.3 Å². The normalized spacial score (nSPS) is 16.6. The Labute approximate surface area is 207 Å². The van der Waals surface area contributed by atoms with E-state index in [9.17, 15) is 9.59 Å². The van der Waals surface area contributed by atoms with Crippen molar-refractivity contribution in [3.63, 3.8) is 0 Å². The molecular weight excluding hydrogens is 432 g/mol. The summed E-state index contributed by atoms with van der Waals surface area (Å²) in [6.07, 6.45) is 8.74. The first kappa shape index (κ1) is 32.0. The third-order valence-electron chi connectivity index (χ3n) is 6.85. The number of hydrogen-bond donors (Lipinski definition) is 2. The number of hydrogen-bond acceptors (Lipinski definition) is 6. The van der Waals surface area contributed by atoms with E-state index in [4.69, 9.17) is 15.3 Å². The third kappa shape index (κ3) is 13.7. The van der Waals surface area contributed by atoms with Gasteiger partial charge in [-0.25, -0.2) is 0 Å². The quantitative estimate of drug-likeness (QED) is 0.103. The maximum atomic E-state index is 12.5. The molecule has 0 radical (unpaired) electrons. The summed E-state index contributed by atoms with van der Waals surface area (Å²) in [6.45, 7) is 16.1. The molecule has 0 saturated heterocycles. The summed E-state index contributed by atoms with van der Waals surface area (Å²) >= 11 is 0. The lowest BCUT2D eigenvalue weighted by atomic mass is 9.83. The molecule has 0 aromatic rings. The van der Waals surface area contributed by atoms with Crippen LogP contribution in [0.5, 0.6) is 0 Å². The van der Waals surface area contributed by atoms with Crippen LogP contribution in [0.4, 0.5) is 0 Å². The standard InChI is InChI=1S/C26H50N4O4/c1-8-13-22(9-2)24(32)28-20-25(6,10-3)16-19-34-26(7,11-4)17-18-33-23(31)15-12-14-21(5)29-30-27/h14,22H,8-13,15-20H2,1-7H3,(H2,27,29)(H,28,32)/b21-14-. The number of carbonyl (C=O) groups excluding carboxylic acids is 2. The summed E-state index contributed by atoms with van der Waals surface area (Å²) in [6, 6.07) is 0. The summed E-state index contributed by atoms with van der Waals surface area (Å²) in [7, 11) is 0. The van der Waals surface area contributed by atoms with Crippen LogP contribution in [0.3, 0.4) is 0 Å². The molecule has 0 heterocycles. The van der Waals surface area contributed by atoms with Crippen molar-refractivity contribution in [1.82, 2.24) is 5.32 Å². The number of nitrogens with two attached hydrogens (primary N) is 1. The smallest absolute Gasteiger partial charge is 0.306 e. The van der Waals surface area contributed by atoms with Crippen LogP contribution < -0.4 is 11.2 Å². The van der Waals surface area contributed by atoms with Gasteiger partial charge in [-0.15, -0.1) is 5.11 Å². The van der Waals surface area contributed by atoms with Gasteiger partial charge in [0, 0.05) is 31.9 Å². The lowest BCUT2D eigenvalue weighted by Crippen LogP contribution is -2.40. The fourth-order valence-corrected chi connectivity index (χ4v) is 3.58. The van der Waals surface area contributed by atoms with Gasteiger partial charge in [0.25, 0.3) is 0 Å². The highest BCUT2D eigenvalue weighted by Crippen LogP contribution is 2.28. The van der Waals surface area contributed by atoms with Gasteiger partial charge in [-0.05, 0) is 57.8 Å². The number of nitrogens with zero attached hydrogens (tertiary/aromatic N) is 2. The minimum Gasteiger partial charge on any atom is -0.466 e. The molecule has 0 rings (SSSR count). The zero-order valence-electron chi connectivity index (χ0n) is 22.7. The SMILES string of the molecule is CCCC(CC)C(=O)NCC(C)(CC)CCOC(C)(CC)CCOC(=O)CC/C=C(C)\N=N/N. The lowest BCUT2D eigenvalue weighted by Gasteiger charge is -2.33. The second-order valence-corrected chi connectivity index (χ2v) is 9.75. The Morgan fingerprint density at radius 1 is 1.09 bits per heavy atom. The zero-order valence-corrected chi connectivity index (χ0v) is 22.7. The van der Waals surface area contributed by atoms with E-state index in [0.29, 0.717) is 44.7 Å². The van der Waals surface area contributed by atoms with Crippen molar-refractivity contribution < 1.29 is 19.1 Å². The van der Waals surface area contributed by atoms with Crippen molar-refractivity contribution in [2.24, 2.45) is 27.5 Å². The van der Waals surface area contributed by atoms with Crippen LogP contribution >= 0.6 is 0 Å². The average Bonchev–Trinajstić information content (AvgIpc) is 2.81. The molecule has 0 saturated carbocycles. The van der Waals surface area contributed by atoms with Crippen LogP contribution in [-0.2, 0) is 19.1 Å². The van der Waals surface area contributed by atoms with E-state index in [2.05, 4.69) is 57.2 Å². The number of rotatable bonds is 19. The van der Waals surface area contributed by atoms with Crippen molar-refractivity contribution in [2.45, 2.75) is 112 Å². The van der Waals surface area contributed by atoms with Gasteiger partial charge >= 0.3 is 5.97 Å². The molecule has 0 aromatic carbocycles. The van der Waals surface area contributed by atoms with Gasteiger partial charge in [0.05, 0.1) is 17.9 Å². The third-order valence-corrected chi connectivity index (χ3v) is 6.85. The average molecular weight is 483 g/mol. The summed E-state index contributed by atoms with van der Waals surface area (Å²) in [5.74, 6) is 5.02. The Bertz CT molecular complexity index is 653. The predicted octanol–water partition coefficient (Wildman–Crippen LogP) is 5.86. The molecule has 3 N–H and O–H groups in total. The summed E-state index contributed by atoms with van der Waals surface area (Å²) in [5.41, 5.74) is 0.299. The highest BCUT2D eigenvalue weighted by Gasteiger charge is 2.28. The highest BCUT2D eigenvalue weighted by molar-refractivity contribution is 5.78. The molecule has 0 fully saturated rings. The molecule has 8 nitrogen and oxygen atoms in total. The lowest BCUT2D eigenvalue weighted by molar-refractivity contribution is -0.146. The fraction of sp³-hybridized carbons (Fsp3) is 0.846. The number of allylic oxidation sites excluding steroid dienone is 2. The van der Waals surface area contributed by atoms with E-state index in [0.717, 1.165) is 38.5 Å². The minimum absolute atomic E-state index is 0.0175. The maximum Gasteiger partial charge on any atom is 0.306 e.